The van der Waals surface area contributed by atoms with Crippen molar-refractivity contribution in [2.45, 2.75) is 12.3 Å². The summed E-state index contributed by atoms with van der Waals surface area (Å²) in [6.07, 6.45) is 0. The summed E-state index contributed by atoms with van der Waals surface area (Å²) in [6.45, 7) is 6.02. The lowest BCUT2D eigenvalue weighted by Gasteiger charge is -2.21. The van der Waals surface area contributed by atoms with Crippen molar-refractivity contribution in [3.8, 4) is 0 Å². The molecule has 22 heavy (non-hydrogen) atoms. The maximum Gasteiger partial charge on any atom is 0.337 e. The Morgan fingerprint density at radius 1 is 1.09 bits per heavy atom. The molecule has 0 bridgehead atoms. The van der Waals surface area contributed by atoms with Gasteiger partial charge in [0.05, 0.1) is 25.2 Å². The van der Waals surface area contributed by atoms with Crippen LogP contribution in [0.5, 0.6) is 0 Å². The summed E-state index contributed by atoms with van der Waals surface area (Å²) in [7, 11) is 1.32. The first-order chi connectivity index (χ1) is 10.4. The number of carboxylic acid groups (broad SMARTS) is 1. The lowest BCUT2D eigenvalue weighted by Crippen LogP contribution is -2.23. The fraction of sp³-hybridized carbons (Fsp3) is 0.167. The highest BCUT2D eigenvalue weighted by molar-refractivity contribution is 5.90. The molecule has 0 saturated carbocycles. The second kappa shape index (κ2) is 5.93. The molecule has 0 radical (unpaired) electrons. The number of benzene rings is 2. The van der Waals surface area contributed by atoms with Crippen molar-refractivity contribution in [3.05, 3.63) is 77.7 Å². The van der Waals surface area contributed by atoms with Crippen LogP contribution in [0.2, 0.25) is 0 Å². The van der Waals surface area contributed by atoms with Gasteiger partial charge in [-0.15, -0.1) is 0 Å². The molecule has 2 aromatic carbocycles. The summed E-state index contributed by atoms with van der Waals surface area (Å²) in [5.74, 6) is -1.40. The molecule has 0 heterocycles. The fourth-order valence-electron chi connectivity index (χ4n) is 2.40. The van der Waals surface area contributed by atoms with E-state index in [9.17, 15) is 14.7 Å². The van der Waals surface area contributed by atoms with Gasteiger partial charge in [-0.2, -0.15) is 0 Å². The Balaban J connectivity index is 2.47. The van der Waals surface area contributed by atoms with Gasteiger partial charge in [-0.3, -0.25) is 0 Å². The average molecular weight is 297 g/mol. The highest BCUT2D eigenvalue weighted by Gasteiger charge is 2.34. The van der Waals surface area contributed by atoms with E-state index in [-0.39, 0.29) is 5.56 Å². The Morgan fingerprint density at radius 2 is 1.68 bits per heavy atom. The molecule has 2 aromatic rings. The molecule has 1 unspecified atom stereocenters. The molecule has 0 aromatic heterocycles. The first-order valence-corrected chi connectivity index (χ1v) is 6.75. The van der Waals surface area contributed by atoms with E-state index in [1.54, 1.807) is 48.5 Å². The molecule has 0 aliphatic heterocycles. The van der Waals surface area contributed by atoms with Crippen molar-refractivity contribution in [1.29, 1.82) is 0 Å². The minimum Gasteiger partial charge on any atom is -0.478 e. The third kappa shape index (κ3) is 2.81. The topological polar surface area (TPSA) is 63.6 Å². The molecule has 1 atom stereocenters. The van der Waals surface area contributed by atoms with Crippen molar-refractivity contribution in [2.24, 2.45) is 0 Å². The summed E-state index contributed by atoms with van der Waals surface area (Å²) in [5, 5.41) is 9.34. The van der Waals surface area contributed by atoms with E-state index in [1.165, 1.54) is 7.11 Å². The zero-order chi connectivity index (χ0) is 16.3. The number of carbonyl (C=O) groups excluding carboxylic acids is 1. The molecule has 0 amide bonds. The zero-order valence-electron chi connectivity index (χ0n) is 12.5. The van der Waals surface area contributed by atoms with E-state index in [1.807, 2.05) is 6.92 Å². The summed E-state index contributed by atoms with van der Waals surface area (Å²) in [4.78, 5) is 22.9. The standard InChI is InChI=1S/C18H16O4/c1-18(2,15-7-5-4-6-14(15)16(19)20)13-10-8-12(9-11-13)17(21)22-3/h4-11H,1H2,2-3H3/p+1. The highest BCUT2D eigenvalue weighted by atomic mass is 16.5. The number of esters is 1. The quantitative estimate of drug-likeness (QED) is 0.694. The summed E-state index contributed by atoms with van der Waals surface area (Å²) in [6, 6.07) is 13.6. The molecule has 112 valence electrons. The fourth-order valence-corrected chi connectivity index (χ4v) is 2.40. The number of hydrogen-bond donors (Lipinski definition) is 1. The summed E-state index contributed by atoms with van der Waals surface area (Å²) < 4.78 is 4.66. The van der Waals surface area contributed by atoms with Gasteiger partial charge in [0, 0.05) is 11.1 Å². The van der Waals surface area contributed by atoms with Gasteiger partial charge in [0.2, 0.25) is 0 Å². The SMILES string of the molecule is [CH2+]C(C)(c1ccc(C(=O)OC)cc1)c1ccccc1C(=O)O. The Hall–Kier alpha value is -2.75. The molecule has 0 spiro atoms. The molecule has 4 heteroatoms. The Bertz CT molecular complexity index is 699. The molecular weight excluding hydrogens is 280 g/mol. The van der Waals surface area contributed by atoms with Crippen molar-refractivity contribution in [1.82, 2.24) is 0 Å². The van der Waals surface area contributed by atoms with Gasteiger partial charge in [0.15, 0.2) is 5.41 Å². The molecular formula is C18H17O4+. The van der Waals surface area contributed by atoms with Crippen molar-refractivity contribution < 1.29 is 19.4 Å². The van der Waals surface area contributed by atoms with Crippen LogP contribution in [0.4, 0.5) is 0 Å². The molecule has 0 saturated heterocycles. The Labute approximate surface area is 129 Å². The number of methoxy groups -OCH3 is 1. The number of carboxylic acids is 1. The summed E-state index contributed by atoms with van der Waals surface area (Å²) >= 11 is 0. The van der Waals surface area contributed by atoms with E-state index >= 15 is 0 Å². The van der Waals surface area contributed by atoms with Gasteiger partial charge in [-0.1, -0.05) is 30.3 Å². The van der Waals surface area contributed by atoms with E-state index in [2.05, 4.69) is 11.7 Å². The van der Waals surface area contributed by atoms with Gasteiger partial charge in [-0.05, 0) is 25.1 Å². The minimum atomic E-state index is -0.989. The van der Waals surface area contributed by atoms with Gasteiger partial charge in [0.1, 0.15) is 0 Å². The van der Waals surface area contributed by atoms with Crippen LogP contribution in [-0.4, -0.2) is 24.2 Å². The first kappa shape index (κ1) is 15.6. The maximum atomic E-state index is 11.5. The lowest BCUT2D eigenvalue weighted by atomic mass is 9.76. The lowest BCUT2D eigenvalue weighted by molar-refractivity contribution is 0.0600. The first-order valence-electron chi connectivity index (χ1n) is 6.75. The van der Waals surface area contributed by atoms with Crippen LogP contribution >= 0.6 is 0 Å². The number of hydrogen-bond acceptors (Lipinski definition) is 3. The molecule has 1 N–H and O–H groups in total. The summed E-state index contributed by atoms with van der Waals surface area (Å²) in [5.41, 5.74) is 1.34. The van der Waals surface area contributed by atoms with Crippen molar-refractivity contribution in [3.63, 3.8) is 0 Å². The molecule has 0 fully saturated rings. The highest BCUT2D eigenvalue weighted by Crippen LogP contribution is 2.33. The Morgan fingerprint density at radius 3 is 2.23 bits per heavy atom. The van der Waals surface area contributed by atoms with Gasteiger partial charge >= 0.3 is 11.9 Å². The Kier molecular flexibility index (Phi) is 4.22. The smallest absolute Gasteiger partial charge is 0.337 e. The molecule has 4 nitrogen and oxygen atoms in total. The average Bonchev–Trinajstić information content (AvgIpc) is 2.54. The largest absolute Gasteiger partial charge is 0.478 e. The number of aromatic carboxylic acids is 1. The van der Waals surface area contributed by atoms with Crippen LogP contribution in [0, 0.1) is 6.92 Å². The zero-order valence-corrected chi connectivity index (χ0v) is 12.5. The van der Waals surface area contributed by atoms with Crippen LogP contribution < -0.4 is 0 Å². The second-order valence-electron chi connectivity index (χ2n) is 5.25. The number of carbonyl (C=O) groups is 2. The van der Waals surface area contributed by atoms with E-state index in [4.69, 9.17) is 0 Å². The van der Waals surface area contributed by atoms with Crippen molar-refractivity contribution >= 4 is 11.9 Å². The van der Waals surface area contributed by atoms with E-state index < -0.39 is 17.4 Å². The second-order valence-corrected chi connectivity index (χ2v) is 5.25. The van der Waals surface area contributed by atoms with Crippen LogP contribution in [0.1, 0.15) is 38.8 Å². The third-order valence-corrected chi connectivity index (χ3v) is 3.70. The van der Waals surface area contributed by atoms with Gasteiger partial charge < -0.3 is 9.84 Å². The normalized spacial score (nSPS) is 13.2. The van der Waals surface area contributed by atoms with Crippen LogP contribution in [0.3, 0.4) is 0 Å². The third-order valence-electron chi connectivity index (χ3n) is 3.70. The monoisotopic (exact) mass is 297 g/mol. The van der Waals surface area contributed by atoms with Crippen LogP contribution in [0.25, 0.3) is 0 Å². The predicted molar refractivity (Wildman–Crippen MR) is 83.0 cm³/mol. The molecule has 0 aliphatic rings. The number of ether oxygens (including phenoxy) is 1. The van der Waals surface area contributed by atoms with Crippen molar-refractivity contribution in [2.75, 3.05) is 7.11 Å². The van der Waals surface area contributed by atoms with E-state index in [0.717, 1.165) is 5.56 Å². The van der Waals surface area contributed by atoms with Gasteiger partial charge in [0.25, 0.3) is 0 Å². The number of rotatable bonds is 4. The molecule has 2 rings (SSSR count). The molecule has 0 aliphatic carbocycles. The minimum absolute atomic E-state index is 0.219. The van der Waals surface area contributed by atoms with Crippen LogP contribution in [-0.2, 0) is 10.2 Å². The van der Waals surface area contributed by atoms with Crippen LogP contribution in [0.15, 0.2) is 48.5 Å². The predicted octanol–water partition coefficient (Wildman–Crippen LogP) is 3.31. The maximum absolute atomic E-state index is 11.5. The van der Waals surface area contributed by atoms with E-state index in [0.29, 0.717) is 11.1 Å². The van der Waals surface area contributed by atoms with Gasteiger partial charge in [-0.25, -0.2) is 9.59 Å².